The van der Waals surface area contributed by atoms with E-state index in [0.29, 0.717) is 15.2 Å². The van der Waals surface area contributed by atoms with Gasteiger partial charge in [0.15, 0.2) is 10.0 Å². The quantitative estimate of drug-likeness (QED) is 0.469. The van der Waals surface area contributed by atoms with Crippen molar-refractivity contribution in [1.82, 2.24) is 15.0 Å². The van der Waals surface area contributed by atoms with Crippen LogP contribution >= 0.6 is 35.7 Å². The molecule has 0 aliphatic rings. The average Bonchev–Trinajstić information content (AvgIpc) is 2.81. The molecule has 0 saturated heterocycles. The minimum Gasteiger partial charge on any atom is -0.476 e. The molecular formula is C13H13N3O4S3. The SMILES string of the molecule is COC(=O)Cc1sc(Sc2nc(C)nc(C(=O)O)c2S)nc1C. The fraction of sp³-hybridized carbons (Fsp3) is 0.308. The van der Waals surface area contributed by atoms with Gasteiger partial charge in [0.1, 0.15) is 10.9 Å². The van der Waals surface area contributed by atoms with Crippen molar-refractivity contribution in [2.24, 2.45) is 0 Å². The number of aromatic carboxylic acids is 1. The molecule has 1 N–H and O–H groups in total. The molecule has 10 heteroatoms. The first-order valence-corrected chi connectivity index (χ1v) is 8.41. The van der Waals surface area contributed by atoms with Crippen LogP contribution in [0.5, 0.6) is 0 Å². The Balaban J connectivity index is 2.31. The van der Waals surface area contributed by atoms with Gasteiger partial charge >= 0.3 is 11.9 Å². The second-order valence-electron chi connectivity index (χ2n) is 4.42. The second-order valence-corrected chi connectivity index (χ2v) is 7.19. The number of carbonyl (C=O) groups is 2. The molecule has 0 saturated carbocycles. The number of thiazole rings is 1. The number of carboxylic acids is 1. The molecule has 0 aliphatic carbocycles. The number of hydrogen-bond donors (Lipinski definition) is 2. The van der Waals surface area contributed by atoms with E-state index in [2.05, 4.69) is 32.3 Å². The highest BCUT2D eigenvalue weighted by Gasteiger charge is 2.19. The molecule has 7 nitrogen and oxygen atoms in total. The highest BCUT2D eigenvalue weighted by Crippen LogP contribution is 2.36. The number of thiol groups is 1. The third-order valence-electron chi connectivity index (χ3n) is 2.76. The van der Waals surface area contributed by atoms with E-state index in [1.807, 2.05) is 0 Å². The van der Waals surface area contributed by atoms with E-state index in [9.17, 15) is 9.59 Å². The molecule has 122 valence electrons. The zero-order valence-corrected chi connectivity index (χ0v) is 15.0. The van der Waals surface area contributed by atoms with Crippen LogP contribution in [-0.2, 0) is 16.0 Å². The lowest BCUT2D eigenvalue weighted by Crippen LogP contribution is -2.06. The van der Waals surface area contributed by atoms with Crippen molar-refractivity contribution < 1.29 is 19.4 Å². The Morgan fingerprint density at radius 1 is 1.30 bits per heavy atom. The van der Waals surface area contributed by atoms with Gasteiger partial charge in [-0.25, -0.2) is 19.7 Å². The van der Waals surface area contributed by atoms with Crippen LogP contribution in [0.2, 0.25) is 0 Å². The summed E-state index contributed by atoms with van der Waals surface area (Å²) in [5.41, 5.74) is 0.583. The molecule has 0 radical (unpaired) electrons. The van der Waals surface area contributed by atoms with Crippen LogP contribution in [0.25, 0.3) is 0 Å². The van der Waals surface area contributed by atoms with E-state index >= 15 is 0 Å². The van der Waals surface area contributed by atoms with Gasteiger partial charge in [-0.15, -0.1) is 24.0 Å². The van der Waals surface area contributed by atoms with Crippen molar-refractivity contribution >= 4 is 47.7 Å². The molecule has 2 rings (SSSR count). The van der Waals surface area contributed by atoms with Crippen LogP contribution in [0.4, 0.5) is 0 Å². The van der Waals surface area contributed by atoms with Gasteiger partial charge in [-0.1, -0.05) is 0 Å². The summed E-state index contributed by atoms with van der Waals surface area (Å²) in [6, 6.07) is 0. The summed E-state index contributed by atoms with van der Waals surface area (Å²) in [5.74, 6) is -1.16. The number of methoxy groups -OCH3 is 1. The molecule has 2 heterocycles. The maximum Gasteiger partial charge on any atom is 0.355 e. The van der Waals surface area contributed by atoms with Crippen LogP contribution in [-0.4, -0.2) is 39.1 Å². The fourth-order valence-corrected chi connectivity index (χ4v) is 4.19. The van der Waals surface area contributed by atoms with Gasteiger partial charge in [-0.05, 0) is 25.6 Å². The van der Waals surface area contributed by atoms with E-state index in [1.165, 1.54) is 30.2 Å². The minimum absolute atomic E-state index is 0.147. The normalized spacial score (nSPS) is 10.6. The molecule has 0 amide bonds. The summed E-state index contributed by atoms with van der Waals surface area (Å²) in [6.07, 6.45) is 0.150. The first kappa shape index (κ1) is 17.7. The molecule has 0 unspecified atom stereocenters. The van der Waals surface area contributed by atoms with E-state index in [0.717, 1.165) is 10.6 Å². The predicted octanol–water partition coefficient (Wildman–Crippen LogP) is 2.40. The highest BCUT2D eigenvalue weighted by molar-refractivity contribution is 8.01. The van der Waals surface area contributed by atoms with Crippen LogP contribution in [0.1, 0.15) is 26.9 Å². The maximum absolute atomic E-state index is 11.4. The van der Waals surface area contributed by atoms with Gasteiger partial charge in [0.25, 0.3) is 0 Å². The number of aryl methyl sites for hydroxylation is 2. The standard InChI is InChI=1S/C13H13N3O4S3/c1-5-7(4-8(17)20-3)22-13(14-5)23-11-10(21)9(12(18)19)15-6(2)16-11/h21H,4H2,1-3H3,(H,18,19). The van der Waals surface area contributed by atoms with Crippen molar-refractivity contribution in [3.05, 3.63) is 22.1 Å². The zero-order valence-electron chi connectivity index (χ0n) is 12.5. The van der Waals surface area contributed by atoms with Gasteiger partial charge in [-0.3, -0.25) is 4.79 Å². The van der Waals surface area contributed by atoms with Crippen LogP contribution < -0.4 is 0 Å². The van der Waals surface area contributed by atoms with E-state index in [4.69, 9.17) is 5.11 Å². The lowest BCUT2D eigenvalue weighted by atomic mass is 10.3. The Labute approximate surface area is 145 Å². The average molecular weight is 371 g/mol. The number of ether oxygens (including phenoxy) is 1. The first-order chi connectivity index (χ1) is 10.8. The van der Waals surface area contributed by atoms with E-state index in [1.54, 1.807) is 13.8 Å². The topological polar surface area (TPSA) is 102 Å². The molecule has 2 aromatic rings. The molecule has 0 spiro atoms. The van der Waals surface area contributed by atoms with Gasteiger partial charge in [0, 0.05) is 4.88 Å². The molecule has 2 aromatic heterocycles. The van der Waals surface area contributed by atoms with Gasteiger partial charge in [0.05, 0.1) is 24.1 Å². The van der Waals surface area contributed by atoms with Crippen LogP contribution in [0.15, 0.2) is 14.3 Å². The van der Waals surface area contributed by atoms with Crippen molar-refractivity contribution in [2.45, 2.75) is 34.5 Å². The van der Waals surface area contributed by atoms with Gasteiger partial charge < -0.3 is 9.84 Å². The molecule has 0 bridgehead atoms. The van der Waals surface area contributed by atoms with Gasteiger partial charge in [-0.2, -0.15) is 0 Å². The summed E-state index contributed by atoms with van der Waals surface area (Å²) < 4.78 is 5.29. The second kappa shape index (κ2) is 7.28. The number of nitrogens with zero attached hydrogens (tertiary/aromatic N) is 3. The van der Waals surface area contributed by atoms with E-state index in [-0.39, 0.29) is 23.0 Å². The molecule has 0 aromatic carbocycles. The Morgan fingerprint density at radius 2 is 2.00 bits per heavy atom. The summed E-state index contributed by atoms with van der Waals surface area (Å²) in [4.78, 5) is 36.0. The van der Waals surface area contributed by atoms with Crippen molar-refractivity contribution in [2.75, 3.05) is 7.11 Å². The molecule has 0 fully saturated rings. The van der Waals surface area contributed by atoms with Gasteiger partial charge in [0.2, 0.25) is 0 Å². The Bertz CT molecular complexity index is 776. The monoisotopic (exact) mass is 371 g/mol. The van der Waals surface area contributed by atoms with Crippen LogP contribution in [0, 0.1) is 13.8 Å². The third-order valence-corrected chi connectivity index (χ3v) is 5.54. The Kier molecular flexibility index (Phi) is 5.60. The third kappa shape index (κ3) is 4.21. The Morgan fingerprint density at radius 3 is 2.61 bits per heavy atom. The first-order valence-electron chi connectivity index (χ1n) is 6.33. The number of hydrogen-bond acceptors (Lipinski definition) is 9. The number of carboxylic acid groups (broad SMARTS) is 1. The molecule has 0 aliphatic heterocycles. The van der Waals surface area contributed by atoms with Crippen LogP contribution in [0.3, 0.4) is 0 Å². The largest absolute Gasteiger partial charge is 0.476 e. The summed E-state index contributed by atoms with van der Waals surface area (Å²) in [5, 5.41) is 9.56. The Hall–Kier alpha value is -1.65. The van der Waals surface area contributed by atoms with E-state index < -0.39 is 5.97 Å². The fourth-order valence-electron chi connectivity index (χ4n) is 1.66. The minimum atomic E-state index is -1.16. The number of carbonyl (C=O) groups excluding carboxylic acids is 1. The van der Waals surface area contributed by atoms with Crippen molar-refractivity contribution in [3.63, 3.8) is 0 Å². The predicted molar refractivity (Wildman–Crippen MR) is 87.7 cm³/mol. The lowest BCUT2D eigenvalue weighted by Gasteiger charge is -2.05. The lowest BCUT2D eigenvalue weighted by molar-refractivity contribution is -0.139. The number of esters is 1. The summed E-state index contributed by atoms with van der Waals surface area (Å²) in [7, 11) is 1.33. The summed E-state index contributed by atoms with van der Waals surface area (Å²) in [6.45, 7) is 3.41. The molecule has 0 atom stereocenters. The molecule has 23 heavy (non-hydrogen) atoms. The van der Waals surface area contributed by atoms with Crippen molar-refractivity contribution in [3.8, 4) is 0 Å². The smallest absolute Gasteiger partial charge is 0.355 e. The number of rotatable bonds is 5. The van der Waals surface area contributed by atoms with Crippen molar-refractivity contribution in [1.29, 1.82) is 0 Å². The zero-order chi connectivity index (χ0) is 17.1. The highest BCUT2D eigenvalue weighted by atomic mass is 32.2. The summed E-state index contributed by atoms with van der Waals surface area (Å²) >= 11 is 6.74. The molecular weight excluding hydrogens is 358 g/mol. The maximum atomic E-state index is 11.4. The number of aromatic nitrogens is 3.